The average Bonchev–Trinajstić information content (AvgIpc) is 3.87. The number of sulfonamides is 2. The third-order valence-electron chi connectivity index (χ3n) is 13.1. The van der Waals surface area contributed by atoms with E-state index in [9.17, 15) is 21.6 Å². The van der Waals surface area contributed by atoms with Gasteiger partial charge in [0.25, 0.3) is 20.0 Å². The smallest absolute Gasteiger partial charge is 0.264 e. The summed E-state index contributed by atoms with van der Waals surface area (Å²) in [7, 11) is -4.40. The minimum absolute atomic E-state index is 0.133. The van der Waals surface area contributed by atoms with Crippen LogP contribution < -0.4 is 19.7 Å². The van der Waals surface area contributed by atoms with Gasteiger partial charge < -0.3 is 29.7 Å². The van der Waals surface area contributed by atoms with E-state index in [1.165, 1.54) is 32.9 Å². The number of nitrogens with zero attached hydrogens (tertiary/aromatic N) is 6. The molecule has 0 atom stereocenters. The second-order valence-corrected chi connectivity index (χ2v) is 25.7. The van der Waals surface area contributed by atoms with Crippen LogP contribution in [0, 0.1) is 17.3 Å². The molecule has 0 aliphatic carbocycles. The van der Waals surface area contributed by atoms with Crippen molar-refractivity contribution >= 4 is 70.8 Å². The quantitative estimate of drug-likeness (QED) is 0.119. The van der Waals surface area contributed by atoms with Crippen molar-refractivity contribution in [3.05, 3.63) is 96.6 Å². The number of amides is 1. The van der Waals surface area contributed by atoms with Gasteiger partial charge in [-0.15, -0.1) is 0 Å². The van der Waals surface area contributed by atoms with Gasteiger partial charge in [0.15, 0.2) is 0 Å². The number of carbonyl (C=O) groups is 1. The summed E-state index contributed by atoms with van der Waals surface area (Å²) >= 11 is 0. The van der Waals surface area contributed by atoms with E-state index in [0.29, 0.717) is 34.6 Å². The Kier molecular flexibility index (Phi) is 15.2. The summed E-state index contributed by atoms with van der Waals surface area (Å²) in [4.78, 5) is 22.5. The first-order chi connectivity index (χ1) is 32.7. The first kappa shape index (κ1) is 52.3. The van der Waals surface area contributed by atoms with Crippen molar-refractivity contribution in [1.29, 1.82) is 0 Å². The van der Waals surface area contributed by atoms with Crippen LogP contribution in [0.25, 0.3) is 22.1 Å². The lowest BCUT2D eigenvalue weighted by Gasteiger charge is -2.26. The molecule has 4 aromatic carbocycles. The number of hydrogen-bond acceptors (Lipinski definition) is 10. The van der Waals surface area contributed by atoms with Crippen molar-refractivity contribution in [1.82, 2.24) is 19.1 Å². The van der Waals surface area contributed by atoms with Gasteiger partial charge in [0.2, 0.25) is 5.91 Å². The van der Waals surface area contributed by atoms with Gasteiger partial charge in [-0.05, 0) is 122 Å². The summed E-state index contributed by atoms with van der Waals surface area (Å²) in [5, 5.41) is 2.83. The number of hydrogen-bond donors (Lipinski definition) is 2. The zero-order valence-electron chi connectivity index (χ0n) is 42.7. The molecule has 70 heavy (non-hydrogen) atoms. The summed E-state index contributed by atoms with van der Waals surface area (Å²) in [6.45, 7) is 23.4. The Balaban J connectivity index is 0.000000209. The van der Waals surface area contributed by atoms with Gasteiger partial charge in [0, 0.05) is 81.2 Å². The Morgan fingerprint density at radius 2 is 0.986 bits per heavy atom. The highest BCUT2D eigenvalue weighted by molar-refractivity contribution is 7.93. The highest BCUT2D eigenvalue weighted by Gasteiger charge is 2.30. The van der Waals surface area contributed by atoms with Crippen LogP contribution >= 0.6 is 0 Å². The van der Waals surface area contributed by atoms with Crippen LogP contribution in [0.5, 0.6) is 0 Å². The number of imidazole rings is 2. The van der Waals surface area contributed by atoms with Gasteiger partial charge in [0.05, 0.1) is 43.2 Å². The predicted molar refractivity (Wildman–Crippen MR) is 281 cm³/mol. The van der Waals surface area contributed by atoms with E-state index >= 15 is 0 Å². The first-order valence-corrected chi connectivity index (χ1v) is 27.0. The number of nitrogen functional groups attached to an aromatic ring is 1. The maximum Gasteiger partial charge on any atom is 0.264 e. The van der Waals surface area contributed by atoms with E-state index < -0.39 is 25.5 Å². The van der Waals surface area contributed by atoms with E-state index in [1.54, 1.807) is 38.4 Å². The van der Waals surface area contributed by atoms with E-state index in [-0.39, 0.29) is 26.5 Å². The minimum Gasteiger partial charge on any atom is -0.399 e. The fourth-order valence-electron chi connectivity index (χ4n) is 8.78. The third kappa shape index (κ3) is 11.6. The minimum atomic E-state index is -3.82. The van der Waals surface area contributed by atoms with Gasteiger partial charge in [0.1, 0.15) is 11.6 Å². The Labute approximate surface area is 414 Å². The fourth-order valence-corrected chi connectivity index (χ4v) is 11.2. The van der Waals surface area contributed by atoms with Crippen LogP contribution in [0.4, 0.5) is 22.7 Å². The summed E-state index contributed by atoms with van der Waals surface area (Å²) < 4.78 is 71.4. The summed E-state index contributed by atoms with van der Waals surface area (Å²) in [5.41, 5.74) is 10.7. The number of nitrogens with one attached hydrogen (secondary N) is 1. The fraction of sp³-hybridized carbons (Fsp3) is 0.491. The van der Waals surface area contributed by atoms with Crippen molar-refractivity contribution < 1.29 is 31.1 Å². The molecule has 0 unspecified atom stereocenters. The molecule has 0 bridgehead atoms. The Morgan fingerprint density at radius 1 is 0.614 bits per heavy atom. The van der Waals surface area contributed by atoms with Crippen molar-refractivity contribution in [3.63, 3.8) is 0 Å². The van der Waals surface area contributed by atoms with Crippen molar-refractivity contribution in [2.45, 2.75) is 122 Å². The number of carbonyl (C=O) groups excluding carboxylic acids is 1. The van der Waals surface area contributed by atoms with Gasteiger partial charge in [-0.2, -0.15) is 0 Å². The molecule has 17 heteroatoms. The number of fused-ring (bicyclic) bond motifs is 2. The maximum absolute atomic E-state index is 13.5. The van der Waals surface area contributed by atoms with Gasteiger partial charge in [-0.3, -0.25) is 13.4 Å². The highest BCUT2D eigenvalue weighted by atomic mass is 32.2. The Hall–Kier alpha value is -5.49. The second-order valence-electron chi connectivity index (χ2n) is 21.8. The molecule has 2 aromatic heterocycles. The van der Waals surface area contributed by atoms with Crippen LogP contribution in [-0.4, -0.2) is 82.4 Å². The summed E-state index contributed by atoms with van der Waals surface area (Å²) in [5.74, 6) is 2.95. The lowest BCUT2D eigenvalue weighted by molar-refractivity contribution is -0.123. The number of nitrogens with two attached hydrogens (primary N) is 1. The van der Waals surface area contributed by atoms with Crippen LogP contribution in [0.3, 0.4) is 0 Å². The molecule has 0 saturated carbocycles. The monoisotopic (exact) mass is 996 g/mol. The van der Waals surface area contributed by atoms with Crippen LogP contribution in [0.15, 0.2) is 94.7 Å². The van der Waals surface area contributed by atoms with Gasteiger partial charge >= 0.3 is 0 Å². The molecule has 2 aliphatic heterocycles. The number of ether oxygens (including phenoxy) is 2. The molecule has 2 aliphatic rings. The number of aromatic nitrogens is 4. The molecular formula is C53H72N8O7S2. The number of rotatable bonds is 11. The van der Waals surface area contributed by atoms with Gasteiger partial charge in [-0.25, -0.2) is 26.8 Å². The molecule has 0 spiro atoms. The highest BCUT2D eigenvalue weighted by Crippen LogP contribution is 2.35. The number of benzene rings is 4. The number of anilines is 4. The topological polar surface area (TPSA) is 184 Å². The molecule has 4 heterocycles. The molecule has 0 radical (unpaired) electrons. The predicted octanol–water partition coefficient (Wildman–Crippen LogP) is 9.74. The lowest BCUT2D eigenvalue weighted by Crippen LogP contribution is -2.28. The Bertz CT molecular complexity index is 3020. The lowest BCUT2D eigenvalue weighted by atomic mass is 9.94. The van der Waals surface area contributed by atoms with Crippen molar-refractivity contribution in [3.8, 4) is 0 Å². The molecule has 2 saturated heterocycles. The molecule has 6 aromatic rings. The van der Waals surface area contributed by atoms with Crippen molar-refractivity contribution in [2.24, 2.45) is 17.3 Å². The second kappa shape index (κ2) is 20.3. The zero-order chi connectivity index (χ0) is 51.0. The van der Waals surface area contributed by atoms with Crippen molar-refractivity contribution in [2.75, 3.05) is 60.2 Å². The van der Waals surface area contributed by atoms with Crippen LogP contribution in [0.1, 0.15) is 99.6 Å². The zero-order valence-corrected chi connectivity index (χ0v) is 44.4. The largest absolute Gasteiger partial charge is 0.399 e. The Morgan fingerprint density at radius 3 is 1.34 bits per heavy atom. The third-order valence-corrected chi connectivity index (χ3v) is 16.7. The molecule has 378 valence electrons. The van der Waals surface area contributed by atoms with E-state index in [0.717, 1.165) is 98.9 Å². The van der Waals surface area contributed by atoms with E-state index in [2.05, 4.69) is 56.0 Å². The average molecular weight is 997 g/mol. The van der Waals surface area contributed by atoms with Gasteiger partial charge in [-0.1, -0.05) is 62.3 Å². The normalized spacial score (nSPS) is 15.7. The molecule has 1 amide bonds. The standard InChI is InChI=1S/C29H40N4O4S.C24H32N4O3S/c1-28(2,3)26-31-24-18-22(10-13-25(24)33(26)19-20-14-16-37-17-15-20)32(7)38(35,36)23-11-8-21(9-12-23)30-27(34)29(4,5)6;1-24(2,3)23-26-21-15-19(27(4)32(29,30)20-8-5-18(25)6-9-20)7-10-22(21)28(23)16-17-11-13-31-14-12-17/h8-13,18,20H,14-17,19H2,1-7H3,(H,30,34);5-10,15,17H,11-14,16,25H2,1-4H3. The molecule has 8 rings (SSSR count). The summed E-state index contributed by atoms with van der Waals surface area (Å²) in [6.07, 6.45) is 4.15. The van der Waals surface area contributed by atoms with Crippen LogP contribution in [0.2, 0.25) is 0 Å². The van der Waals surface area contributed by atoms with E-state index in [1.807, 2.05) is 57.2 Å². The van der Waals surface area contributed by atoms with Crippen LogP contribution in [-0.2, 0) is 58.2 Å². The SMILES string of the molecule is CN(c1ccc2c(c1)nc(C(C)(C)C)n2CC1CCOCC1)S(=O)(=O)c1ccc(N)cc1.CN(c1ccc2c(c1)nc(C(C)(C)C)n2CC1CCOCC1)S(=O)(=O)c1ccc(NC(=O)C(C)(C)C)cc1. The molecule has 3 N–H and O–H groups in total. The maximum atomic E-state index is 13.5. The molecular weight excluding hydrogens is 925 g/mol. The summed E-state index contributed by atoms with van der Waals surface area (Å²) in [6, 6.07) is 23.9. The van der Waals surface area contributed by atoms with E-state index in [4.69, 9.17) is 25.2 Å². The molecule has 15 nitrogen and oxygen atoms in total. The molecule has 2 fully saturated rings. The first-order valence-electron chi connectivity index (χ1n) is 24.2.